The van der Waals surface area contributed by atoms with E-state index in [9.17, 15) is 13.6 Å². The number of methoxy groups -OCH3 is 1. The lowest BCUT2D eigenvalue weighted by atomic mass is 9.88. The fourth-order valence-electron chi connectivity index (χ4n) is 4.44. The number of hydrogen-bond donors (Lipinski definition) is 1. The van der Waals surface area contributed by atoms with E-state index in [1.807, 2.05) is 38.1 Å². The van der Waals surface area contributed by atoms with Crippen LogP contribution in [0.15, 0.2) is 54.7 Å². The molecule has 194 valence electrons. The molecule has 8 heteroatoms. The van der Waals surface area contributed by atoms with Gasteiger partial charge in [-0.15, -0.1) is 0 Å². The Kier molecular flexibility index (Phi) is 7.59. The first-order chi connectivity index (χ1) is 17.6. The normalized spacial score (nSPS) is 12.9. The van der Waals surface area contributed by atoms with E-state index in [2.05, 4.69) is 4.98 Å². The predicted molar refractivity (Wildman–Crippen MR) is 138 cm³/mol. The first-order valence-corrected chi connectivity index (χ1v) is 12.1. The molecule has 2 N–H and O–H groups in total. The van der Waals surface area contributed by atoms with Crippen LogP contribution in [0, 0.1) is 25.5 Å². The van der Waals surface area contributed by atoms with Gasteiger partial charge in [-0.1, -0.05) is 18.2 Å². The van der Waals surface area contributed by atoms with Crippen LogP contribution >= 0.6 is 0 Å². The summed E-state index contributed by atoms with van der Waals surface area (Å²) in [4.78, 5) is 17.9. The lowest BCUT2D eigenvalue weighted by Crippen LogP contribution is -2.39. The minimum Gasteiger partial charge on any atom is -0.497 e. The van der Waals surface area contributed by atoms with Gasteiger partial charge in [0, 0.05) is 18.2 Å². The maximum absolute atomic E-state index is 14.1. The van der Waals surface area contributed by atoms with Crippen molar-refractivity contribution in [3.05, 3.63) is 94.4 Å². The average molecular weight is 508 g/mol. The number of nitrogens with two attached hydrogens (primary N) is 1. The number of rotatable bonds is 10. The molecule has 2 heterocycles. The van der Waals surface area contributed by atoms with E-state index in [-0.39, 0.29) is 24.4 Å². The maximum atomic E-state index is 14.1. The summed E-state index contributed by atoms with van der Waals surface area (Å²) in [6.07, 6.45) is 3.13. The minimum absolute atomic E-state index is 0.0897. The zero-order valence-electron chi connectivity index (χ0n) is 21.5. The van der Waals surface area contributed by atoms with Gasteiger partial charge in [0.15, 0.2) is 17.2 Å². The molecule has 0 radical (unpaired) electrons. The number of carbonyl (C=O) groups is 1. The summed E-state index contributed by atoms with van der Waals surface area (Å²) >= 11 is 0. The second kappa shape index (κ2) is 10.7. The highest BCUT2D eigenvalue weighted by Crippen LogP contribution is 2.27. The number of pyridine rings is 1. The van der Waals surface area contributed by atoms with Crippen molar-refractivity contribution in [3.63, 3.8) is 0 Å². The maximum Gasteiger partial charge on any atom is 0.181 e. The number of halogens is 2. The van der Waals surface area contributed by atoms with Crippen LogP contribution in [0.1, 0.15) is 52.6 Å². The number of imidazole rings is 1. The zero-order valence-corrected chi connectivity index (χ0v) is 21.5. The smallest absolute Gasteiger partial charge is 0.181 e. The molecule has 2 aromatic heterocycles. The number of nitrogens with zero attached hydrogens (tertiary/aromatic N) is 2. The Labute approximate surface area is 215 Å². The molecule has 4 rings (SSSR count). The molecule has 0 aliphatic rings. The van der Waals surface area contributed by atoms with E-state index in [4.69, 9.17) is 15.2 Å². The molecular weight excluding hydrogens is 476 g/mol. The Bertz CT molecular complexity index is 1410. The lowest BCUT2D eigenvalue weighted by Gasteiger charge is -2.24. The minimum atomic E-state index is -0.682. The molecule has 0 aliphatic heterocycles. The molecular formula is C29H31F2N3O3. The molecule has 0 bridgehead atoms. The van der Waals surface area contributed by atoms with Crippen molar-refractivity contribution in [2.75, 3.05) is 7.11 Å². The van der Waals surface area contributed by atoms with Crippen LogP contribution in [0.5, 0.6) is 11.5 Å². The largest absolute Gasteiger partial charge is 0.497 e. The Balaban J connectivity index is 1.52. The summed E-state index contributed by atoms with van der Waals surface area (Å²) < 4.78 is 40.8. The standard InChI is InChI=1S/C29H31F2N3O3/c1-18-14-26(37-17-22-23(30)6-5-7-24(22)31)28-33-19(2)27(34(28)16-18)25(35)12-13-29(3,32)15-20-8-10-21(36-4)11-9-20/h5-11,14,16H,12-13,15,17,32H2,1-4H3. The van der Waals surface area contributed by atoms with Gasteiger partial charge in [-0.2, -0.15) is 0 Å². The Morgan fingerprint density at radius 3 is 2.43 bits per heavy atom. The third kappa shape index (κ3) is 5.97. The van der Waals surface area contributed by atoms with Crippen molar-refractivity contribution in [3.8, 4) is 11.5 Å². The summed E-state index contributed by atoms with van der Waals surface area (Å²) in [6, 6.07) is 13.1. The summed E-state index contributed by atoms with van der Waals surface area (Å²) in [5.74, 6) is -0.337. The van der Waals surface area contributed by atoms with E-state index < -0.39 is 17.2 Å². The second-order valence-corrected chi connectivity index (χ2v) is 9.71. The predicted octanol–water partition coefficient (Wildman–Crippen LogP) is 5.74. The quantitative estimate of drug-likeness (QED) is 0.277. The van der Waals surface area contributed by atoms with Crippen LogP contribution in [-0.4, -0.2) is 27.8 Å². The van der Waals surface area contributed by atoms with Crippen molar-refractivity contribution < 1.29 is 23.0 Å². The molecule has 0 saturated heterocycles. The fraction of sp³-hybridized carbons (Fsp3) is 0.310. The number of Topliss-reactive ketones (excluding diaryl/α,β-unsaturated/α-hetero) is 1. The molecule has 0 amide bonds. The third-order valence-electron chi connectivity index (χ3n) is 6.39. The molecule has 0 spiro atoms. The molecule has 1 atom stereocenters. The highest BCUT2D eigenvalue weighted by molar-refractivity contribution is 5.96. The van der Waals surface area contributed by atoms with Crippen LogP contribution in [0.3, 0.4) is 0 Å². The average Bonchev–Trinajstić information content (AvgIpc) is 3.18. The molecule has 37 heavy (non-hydrogen) atoms. The third-order valence-corrected chi connectivity index (χ3v) is 6.39. The number of aromatic nitrogens is 2. The monoisotopic (exact) mass is 507 g/mol. The SMILES string of the molecule is COc1ccc(CC(C)(N)CCC(=O)c2c(C)nc3c(OCc4c(F)cccc4F)cc(C)cn23)cc1. The van der Waals surface area contributed by atoms with Gasteiger partial charge in [-0.05, 0) is 75.1 Å². The van der Waals surface area contributed by atoms with Gasteiger partial charge in [-0.25, -0.2) is 13.8 Å². The van der Waals surface area contributed by atoms with Gasteiger partial charge in [0.1, 0.15) is 29.7 Å². The number of ether oxygens (including phenoxy) is 2. The highest BCUT2D eigenvalue weighted by Gasteiger charge is 2.25. The van der Waals surface area contributed by atoms with E-state index in [0.717, 1.165) is 16.9 Å². The van der Waals surface area contributed by atoms with Crippen molar-refractivity contribution >= 4 is 11.4 Å². The Morgan fingerprint density at radius 2 is 1.78 bits per heavy atom. The molecule has 2 aromatic carbocycles. The molecule has 0 fully saturated rings. The van der Waals surface area contributed by atoms with Gasteiger partial charge < -0.3 is 15.2 Å². The molecule has 6 nitrogen and oxygen atoms in total. The van der Waals surface area contributed by atoms with Crippen molar-refractivity contribution in [1.29, 1.82) is 0 Å². The van der Waals surface area contributed by atoms with Crippen LogP contribution in [0.25, 0.3) is 5.65 Å². The zero-order chi connectivity index (χ0) is 26.7. The summed E-state index contributed by atoms with van der Waals surface area (Å²) in [7, 11) is 1.62. The Hall–Kier alpha value is -3.78. The van der Waals surface area contributed by atoms with Crippen molar-refractivity contribution in [2.24, 2.45) is 5.73 Å². The number of ketones is 1. The van der Waals surface area contributed by atoms with Gasteiger partial charge in [0.2, 0.25) is 0 Å². The topological polar surface area (TPSA) is 78.9 Å². The van der Waals surface area contributed by atoms with E-state index >= 15 is 0 Å². The van der Waals surface area contributed by atoms with Crippen LogP contribution in [-0.2, 0) is 13.0 Å². The van der Waals surface area contributed by atoms with Crippen LogP contribution < -0.4 is 15.2 Å². The number of aryl methyl sites for hydroxylation is 2. The highest BCUT2D eigenvalue weighted by atomic mass is 19.1. The number of carbonyl (C=O) groups excluding carboxylic acids is 1. The first-order valence-electron chi connectivity index (χ1n) is 12.1. The van der Waals surface area contributed by atoms with Crippen molar-refractivity contribution in [2.45, 2.75) is 52.2 Å². The first kappa shape index (κ1) is 26.3. The van der Waals surface area contributed by atoms with Crippen LogP contribution in [0.4, 0.5) is 8.78 Å². The molecule has 4 aromatic rings. The summed E-state index contributed by atoms with van der Waals surface area (Å²) in [5, 5.41) is 0. The van der Waals surface area contributed by atoms with Gasteiger partial charge in [0.25, 0.3) is 0 Å². The summed E-state index contributed by atoms with van der Waals surface area (Å²) in [6.45, 7) is 5.24. The lowest BCUT2D eigenvalue weighted by molar-refractivity contribution is 0.0965. The molecule has 0 aliphatic carbocycles. The van der Waals surface area contributed by atoms with Gasteiger partial charge >= 0.3 is 0 Å². The van der Waals surface area contributed by atoms with Gasteiger partial charge in [-0.3, -0.25) is 9.20 Å². The van der Waals surface area contributed by atoms with Gasteiger partial charge in [0.05, 0.1) is 18.4 Å². The molecule has 0 saturated carbocycles. The van der Waals surface area contributed by atoms with E-state index in [0.29, 0.717) is 35.6 Å². The van der Waals surface area contributed by atoms with E-state index in [1.165, 1.54) is 18.2 Å². The van der Waals surface area contributed by atoms with Crippen molar-refractivity contribution in [1.82, 2.24) is 9.38 Å². The summed E-state index contributed by atoms with van der Waals surface area (Å²) in [5.41, 5.74) is 9.08. The van der Waals surface area contributed by atoms with Crippen LogP contribution in [0.2, 0.25) is 0 Å². The second-order valence-electron chi connectivity index (χ2n) is 9.71. The van der Waals surface area contributed by atoms with E-state index in [1.54, 1.807) is 30.7 Å². The molecule has 1 unspecified atom stereocenters. The number of hydrogen-bond acceptors (Lipinski definition) is 5. The number of fused-ring (bicyclic) bond motifs is 1. The fourth-order valence-corrected chi connectivity index (χ4v) is 4.44. The number of benzene rings is 2. The Morgan fingerprint density at radius 1 is 1.11 bits per heavy atom.